The second-order valence-corrected chi connectivity index (χ2v) is 5.17. The molecule has 0 radical (unpaired) electrons. The number of hydrogen-bond acceptors (Lipinski definition) is 7. The molecule has 0 rings (SSSR count). The van der Waals surface area contributed by atoms with Gasteiger partial charge in [-0.3, -0.25) is 8.37 Å². The first-order valence-corrected chi connectivity index (χ1v) is 7.48. The molecule has 0 aromatic carbocycles. The summed E-state index contributed by atoms with van der Waals surface area (Å²) in [6, 6.07) is 0. The summed E-state index contributed by atoms with van der Waals surface area (Å²) in [5.41, 5.74) is 0.458. The summed E-state index contributed by atoms with van der Waals surface area (Å²) in [6.07, 6.45) is 0. The molecule has 7 nitrogen and oxygen atoms in total. The van der Waals surface area contributed by atoms with E-state index < -0.39 is 10.4 Å². The van der Waals surface area contributed by atoms with E-state index >= 15 is 0 Å². The molecule has 0 aliphatic rings. The van der Waals surface area contributed by atoms with Crippen molar-refractivity contribution >= 4 is 16.4 Å². The predicted octanol–water partition coefficient (Wildman–Crippen LogP) is 0.972. The van der Waals surface area contributed by atoms with E-state index in [9.17, 15) is 13.2 Å². The molecule has 0 unspecified atom stereocenters. The van der Waals surface area contributed by atoms with E-state index in [-0.39, 0.29) is 5.97 Å². The average Bonchev–Trinajstić information content (AvgIpc) is 2.44. The Kier molecular flexibility index (Phi) is 12.6. The third-order valence-electron chi connectivity index (χ3n) is 2.29. The minimum atomic E-state index is -3.66. The van der Waals surface area contributed by atoms with Crippen LogP contribution < -0.4 is 0 Å². The van der Waals surface area contributed by atoms with Crippen molar-refractivity contribution in [2.45, 2.75) is 20.8 Å². The Morgan fingerprint density at radius 2 is 1.60 bits per heavy atom. The van der Waals surface area contributed by atoms with E-state index in [0.717, 1.165) is 33.9 Å². The van der Waals surface area contributed by atoms with Crippen molar-refractivity contribution in [3.8, 4) is 0 Å². The summed E-state index contributed by atoms with van der Waals surface area (Å²) in [5, 5.41) is 0. The molecule has 0 aliphatic heterocycles. The van der Waals surface area contributed by atoms with Gasteiger partial charge in [0.15, 0.2) is 0 Å². The number of hydrogen-bond donors (Lipinski definition) is 0. The zero-order chi connectivity index (χ0) is 16.2. The number of likely N-dealkylation sites (N-methyl/N-ethyl adjacent to an activating group) is 1. The maximum absolute atomic E-state index is 11.0. The maximum atomic E-state index is 11.0. The molecule has 8 heteroatoms. The molecule has 0 bridgehead atoms. The molecule has 0 atom stereocenters. The SMILES string of the molecule is C=C(C)C(=O)OCCN(CC)CC.COS(=O)(=O)OC. The smallest absolute Gasteiger partial charge is 0.399 e. The standard InChI is InChI=1S/C10H19NO2.C2H6O4S/c1-5-11(6-2)7-8-13-10(12)9(3)4;1-5-7(3,4)6-2/h3,5-8H2,1-2,4H3;1-2H3. The Hall–Kier alpha value is -0.960. The van der Waals surface area contributed by atoms with Crippen molar-refractivity contribution in [1.29, 1.82) is 0 Å². The average molecular weight is 311 g/mol. The lowest BCUT2D eigenvalue weighted by atomic mass is 10.4. The first-order valence-electron chi connectivity index (χ1n) is 6.15. The van der Waals surface area contributed by atoms with E-state index in [1.807, 2.05) is 0 Å². The molecule has 20 heavy (non-hydrogen) atoms. The highest BCUT2D eigenvalue weighted by atomic mass is 32.3. The van der Waals surface area contributed by atoms with E-state index in [1.54, 1.807) is 6.92 Å². The topological polar surface area (TPSA) is 82.1 Å². The summed E-state index contributed by atoms with van der Waals surface area (Å²) >= 11 is 0. The van der Waals surface area contributed by atoms with Gasteiger partial charge in [-0.15, -0.1) is 0 Å². The van der Waals surface area contributed by atoms with Gasteiger partial charge in [0.2, 0.25) is 0 Å². The lowest BCUT2D eigenvalue weighted by molar-refractivity contribution is -0.139. The largest absolute Gasteiger partial charge is 0.461 e. The molecule has 0 aliphatic carbocycles. The highest BCUT2D eigenvalue weighted by Gasteiger charge is 2.04. The summed E-state index contributed by atoms with van der Waals surface area (Å²) in [6.45, 7) is 12.6. The normalized spacial score (nSPS) is 10.7. The number of ether oxygens (including phenoxy) is 1. The molecule has 0 aromatic rings. The van der Waals surface area contributed by atoms with Gasteiger partial charge in [0, 0.05) is 12.1 Å². The van der Waals surface area contributed by atoms with Gasteiger partial charge in [0.1, 0.15) is 6.61 Å². The number of carbonyl (C=O) groups is 1. The molecule has 0 saturated heterocycles. The van der Waals surface area contributed by atoms with Crippen LogP contribution in [0.2, 0.25) is 0 Å². The van der Waals surface area contributed by atoms with Gasteiger partial charge in [-0.1, -0.05) is 20.4 Å². The molecule has 0 heterocycles. The number of esters is 1. The zero-order valence-electron chi connectivity index (χ0n) is 12.8. The summed E-state index contributed by atoms with van der Waals surface area (Å²) in [4.78, 5) is 13.2. The van der Waals surface area contributed by atoms with Gasteiger partial charge in [0.25, 0.3) is 0 Å². The zero-order valence-corrected chi connectivity index (χ0v) is 13.7. The van der Waals surface area contributed by atoms with Crippen molar-refractivity contribution in [1.82, 2.24) is 4.90 Å². The van der Waals surface area contributed by atoms with Crippen LogP contribution in [-0.2, 0) is 28.3 Å². The fourth-order valence-corrected chi connectivity index (χ4v) is 1.13. The second-order valence-electron chi connectivity index (χ2n) is 3.68. The molecule has 0 amide bonds. The highest BCUT2D eigenvalue weighted by molar-refractivity contribution is 7.81. The van der Waals surface area contributed by atoms with E-state index in [1.165, 1.54) is 0 Å². The van der Waals surface area contributed by atoms with Crippen LogP contribution in [0.15, 0.2) is 12.2 Å². The fourth-order valence-electron chi connectivity index (χ4n) is 0.999. The fraction of sp³-hybridized carbons (Fsp3) is 0.750. The van der Waals surface area contributed by atoms with E-state index in [2.05, 4.69) is 33.7 Å². The summed E-state index contributed by atoms with van der Waals surface area (Å²) in [5.74, 6) is -0.299. The van der Waals surface area contributed by atoms with Crippen LogP contribution >= 0.6 is 0 Å². The Bertz CT molecular complexity index is 365. The van der Waals surface area contributed by atoms with Gasteiger partial charge in [-0.2, -0.15) is 8.42 Å². The van der Waals surface area contributed by atoms with Crippen LogP contribution in [0.1, 0.15) is 20.8 Å². The number of rotatable bonds is 8. The first-order chi connectivity index (χ1) is 9.23. The minimum absolute atomic E-state index is 0.299. The van der Waals surface area contributed by atoms with Crippen LogP contribution in [0.5, 0.6) is 0 Å². The van der Waals surface area contributed by atoms with Crippen molar-refractivity contribution in [2.24, 2.45) is 0 Å². The van der Waals surface area contributed by atoms with Crippen molar-refractivity contribution in [2.75, 3.05) is 40.5 Å². The molecule has 0 fully saturated rings. The minimum Gasteiger partial charge on any atom is -0.461 e. The van der Waals surface area contributed by atoms with Gasteiger partial charge in [-0.05, 0) is 20.0 Å². The monoisotopic (exact) mass is 311 g/mol. The predicted molar refractivity (Wildman–Crippen MR) is 76.5 cm³/mol. The van der Waals surface area contributed by atoms with Crippen LogP contribution in [0.3, 0.4) is 0 Å². The Morgan fingerprint density at radius 1 is 1.15 bits per heavy atom. The highest BCUT2D eigenvalue weighted by Crippen LogP contribution is 1.93. The van der Waals surface area contributed by atoms with Crippen LogP contribution in [0, 0.1) is 0 Å². The molecular weight excluding hydrogens is 286 g/mol. The van der Waals surface area contributed by atoms with Crippen LogP contribution in [0.4, 0.5) is 0 Å². The molecular formula is C12H25NO6S. The van der Waals surface area contributed by atoms with Gasteiger partial charge < -0.3 is 9.64 Å². The Labute approximate surface area is 121 Å². The van der Waals surface area contributed by atoms with Gasteiger partial charge in [0.05, 0.1) is 14.2 Å². The molecule has 0 spiro atoms. The third-order valence-corrected chi connectivity index (χ3v) is 3.11. The van der Waals surface area contributed by atoms with Crippen molar-refractivity contribution in [3.63, 3.8) is 0 Å². The van der Waals surface area contributed by atoms with E-state index in [4.69, 9.17) is 4.74 Å². The maximum Gasteiger partial charge on any atom is 0.399 e. The number of nitrogens with zero attached hydrogens (tertiary/aromatic N) is 1. The molecule has 0 aromatic heterocycles. The lowest BCUT2D eigenvalue weighted by Gasteiger charge is -2.17. The van der Waals surface area contributed by atoms with Crippen molar-refractivity contribution < 1.29 is 26.3 Å². The Morgan fingerprint density at radius 3 is 1.85 bits per heavy atom. The van der Waals surface area contributed by atoms with Gasteiger partial charge in [-0.25, -0.2) is 4.79 Å². The van der Waals surface area contributed by atoms with Crippen LogP contribution in [0.25, 0.3) is 0 Å². The van der Waals surface area contributed by atoms with E-state index in [0.29, 0.717) is 12.2 Å². The molecule has 0 N–H and O–H groups in total. The summed E-state index contributed by atoms with van der Waals surface area (Å²) < 4.78 is 32.5. The van der Waals surface area contributed by atoms with Crippen LogP contribution in [-0.4, -0.2) is 59.7 Å². The number of carbonyl (C=O) groups excluding carboxylic acids is 1. The summed E-state index contributed by atoms with van der Waals surface area (Å²) in [7, 11) is -1.60. The molecule has 0 saturated carbocycles. The quantitative estimate of drug-likeness (QED) is 0.488. The lowest BCUT2D eigenvalue weighted by Crippen LogP contribution is -2.27. The second kappa shape index (κ2) is 11.8. The Balaban J connectivity index is 0. The van der Waals surface area contributed by atoms with Gasteiger partial charge >= 0.3 is 16.4 Å². The molecule has 120 valence electrons. The first kappa shape index (κ1) is 21.3. The third kappa shape index (κ3) is 12.1. The van der Waals surface area contributed by atoms with Crippen molar-refractivity contribution in [3.05, 3.63) is 12.2 Å².